The van der Waals surface area contributed by atoms with Gasteiger partial charge in [0.25, 0.3) is 0 Å². The Balaban J connectivity index is 2.91. The molecule has 0 N–H and O–H groups in total. The van der Waals surface area contributed by atoms with Crippen LogP contribution in [0.1, 0.15) is 5.56 Å². The van der Waals surface area contributed by atoms with E-state index in [4.69, 9.17) is 11.6 Å². The average molecular weight is 162 g/mol. The van der Waals surface area contributed by atoms with E-state index >= 15 is 0 Å². The van der Waals surface area contributed by atoms with Crippen LogP contribution in [0.25, 0.3) is 6.08 Å². The zero-order valence-electron chi connectivity index (χ0n) is 6.76. The third-order valence-electron chi connectivity index (χ3n) is 1.33. The largest absolute Gasteiger partial charge is 0.145 e. The molecule has 1 aromatic rings. The molecule has 1 rings (SSSR count). The molecule has 54 valence electrons. The Bertz CT molecular complexity index is 260. The lowest BCUT2D eigenvalue weighted by Crippen LogP contribution is -1.78. The van der Waals surface area contributed by atoms with Gasteiger partial charge in [-0.1, -0.05) is 29.8 Å². The molecule has 11 heavy (non-hydrogen) atoms. The quantitative estimate of drug-likeness (QED) is 0.538. The van der Waals surface area contributed by atoms with Crippen LogP contribution in [0.5, 0.6) is 0 Å². The minimum absolute atomic E-state index is 0.788. The topological polar surface area (TPSA) is 0 Å². The second-order valence-corrected chi connectivity index (χ2v) is 3.21. The molecule has 0 heterocycles. The maximum absolute atomic E-state index is 5.73. The van der Waals surface area contributed by atoms with Gasteiger partial charge >= 0.3 is 0 Å². The van der Waals surface area contributed by atoms with E-state index in [1.807, 2.05) is 24.3 Å². The van der Waals surface area contributed by atoms with Gasteiger partial charge in [0.1, 0.15) is 15.7 Å². The first kappa shape index (κ1) is 8.48. The first-order valence-corrected chi connectivity index (χ1v) is 3.97. The monoisotopic (exact) mass is 162 g/mol. The zero-order chi connectivity index (χ0) is 8.27. The maximum Gasteiger partial charge on any atom is 0.121 e. The number of hydrogen-bond donors (Lipinski definition) is 0. The van der Waals surface area contributed by atoms with Crippen molar-refractivity contribution < 1.29 is 0 Å². The Morgan fingerprint density at radius 1 is 1.18 bits per heavy atom. The molecule has 0 spiro atoms. The van der Waals surface area contributed by atoms with Crippen LogP contribution in [-0.2, 0) is 0 Å². The Morgan fingerprint density at radius 2 is 1.73 bits per heavy atom. The van der Waals surface area contributed by atoms with Crippen molar-refractivity contribution in [3.63, 3.8) is 0 Å². The highest BCUT2D eigenvalue weighted by molar-refractivity contribution is 6.50. The summed E-state index contributed by atoms with van der Waals surface area (Å²) >= 11 is 5.73. The first-order valence-electron chi connectivity index (χ1n) is 3.59. The van der Waals surface area contributed by atoms with E-state index in [1.165, 1.54) is 10.9 Å². The maximum atomic E-state index is 5.73. The lowest BCUT2D eigenvalue weighted by molar-refractivity contribution is 1.66. The van der Waals surface area contributed by atoms with Crippen LogP contribution < -0.4 is 0 Å². The van der Waals surface area contributed by atoms with E-state index in [2.05, 4.69) is 21.8 Å². The van der Waals surface area contributed by atoms with Gasteiger partial charge in [-0.3, -0.25) is 0 Å². The predicted molar refractivity (Wildman–Crippen MR) is 56.5 cm³/mol. The summed E-state index contributed by atoms with van der Waals surface area (Å²) in [7, 11) is 4.16. The lowest BCUT2D eigenvalue weighted by atomic mass is 9.77. The van der Waals surface area contributed by atoms with E-state index in [0.717, 1.165) is 5.02 Å². The van der Waals surface area contributed by atoms with Crippen molar-refractivity contribution >= 4 is 33.4 Å². The summed E-state index contributed by atoms with van der Waals surface area (Å²) in [6.45, 7) is 0. The van der Waals surface area contributed by atoms with Crippen molar-refractivity contribution in [3.05, 3.63) is 40.2 Å². The van der Waals surface area contributed by atoms with E-state index in [0.29, 0.717) is 0 Å². The molecule has 0 fully saturated rings. The van der Waals surface area contributed by atoms with Crippen molar-refractivity contribution in [2.45, 2.75) is 0 Å². The van der Waals surface area contributed by atoms with Gasteiger partial charge in [-0.2, -0.15) is 0 Å². The smallest absolute Gasteiger partial charge is 0.121 e. The van der Waals surface area contributed by atoms with E-state index < -0.39 is 0 Å². The standard InChI is InChI=1S/C8H9B2Cl/c9-8(10)5-6-1-3-7(11)4-2-6/h1-5H,9-10H2. The molecule has 0 radical (unpaired) electrons. The zero-order valence-corrected chi connectivity index (χ0v) is 7.52. The van der Waals surface area contributed by atoms with Crippen molar-refractivity contribution in [1.29, 1.82) is 0 Å². The van der Waals surface area contributed by atoms with Gasteiger partial charge < -0.3 is 0 Å². The molecule has 0 unspecified atom stereocenters. The van der Waals surface area contributed by atoms with Gasteiger partial charge in [0, 0.05) is 5.02 Å². The number of benzene rings is 1. The van der Waals surface area contributed by atoms with Gasteiger partial charge in [0.15, 0.2) is 0 Å². The lowest BCUT2D eigenvalue weighted by Gasteiger charge is -1.94. The normalized spacial score (nSPS) is 9.18. The summed E-state index contributed by atoms with van der Waals surface area (Å²) in [5, 5.41) is 2.09. The molecule has 3 heteroatoms. The fraction of sp³-hybridized carbons (Fsp3) is 0. The molecule has 0 bridgehead atoms. The second-order valence-electron chi connectivity index (χ2n) is 2.77. The molecule has 0 saturated carbocycles. The summed E-state index contributed by atoms with van der Waals surface area (Å²) in [4.78, 5) is 0. The third kappa shape index (κ3) is 2.85. The number of halogens is 1. The second kappa shape index (κ2) is 3.68. The molecule has 0 amide bonds. The molecular formula is C8H9B2Cl. The molecule has 0 aliphatic rings. The van der Waals surface area contributed by atoms with Crippen molar-refractivity contribution in [2.75, 3.05) is 0 Å². The van der Waals surface area contributed by atoms with Gasteiger partial charge in [0.2, 0.25) is 0 Å². The highest BCUT2D eigenvalue weighted by Crippen LogP contribution is 2.10. The Labute approximate surface area is 74.1 Å². The van der Waals surface area contributed by atoms with Crippen molar-refractivity contribution in [1.82, 2.24) is 0 Å². The average Bonchev–Trinajstić information content (AvgIpc) is 1.93. The Morgan fingerprint density at radius 3 is 2.18 bits per heavy atom. The molecule has 0 saturated heterocycles. The summed E-state index contributed by atoms with van der Waals surface area (Å²) in [6, 6.07) is 7.82. The molecule has 1 aromatic carbocycles. The number of rotatable bonds is 1. The van der Waals surface area contributed by atoms with E-state index in [-0.39, 0.29) is 0 Å². The van der Waals surface area contributed by atoms with Gasteiger partial charge in [-0.05, 0) is 17.7 Å². The van der Waals surface area contributed by atoms with Gasteiger partial charge in [0.05, 0.1) is 0 Å². The summed E-state index contributed by atoms with van der Waals surface area (Å²) in [5.41, 5.74) is 1.20. The Kier molecular flexibility index (Phi) is 2.84. The predicted octanol–water partition coefficient (Wildman–Crippen LogP) is 0.905. The van der Waals surface area contributed by atoms with Crippen LogP contribution in [0.2, 0.25) is 5.02 Å². The van der Waals surface area contributed by atoms with Crippen LogP contribution >= 0.6 is 11.6 Å². The SMILES string of the molecule is BC(B)=Cc1ccc(Cl)cc1. The molecule has 0 aliphatic carbocycles. The first-order chi connectivity index (χ1) is 5.18. The molecule has 0 aromatic heterocycles. The summed E-state index contributed by atoms with van der Waals surface area (Å²) < 4.78 is 0. The summed E-state index contributed by atoms with van der Waals surface area (Å²) in [5.74, 6) is 0. The van der Waals surface area contributed by atoms with Crippen LogP contribution in [0.3, 0.4) is 0 Å². The minimum atomic E-state index is 0.788. The van der Waals surface area contributed by atoms with Crippen LogP contribution in [-0.4, -0.2) is 15.7 Å². The number of hydrogen-bond acceptors (Lipinski definition) is 0. The minimum Gasteiger partial charge on any atom is -0.145 e. The van der Waals surface area contributed by atoms with Crippen molar-refractivity contribution in [3.8, 4) is 0 Å². The van der Waals surface area contributed by atoms with Crippen LogP contribution in [0.4, 0.5) is 0 Å². The summed E-state index contributed by atoms with van der Waals surface area (Å²) in [6.07, 6.45) is 2.12. The van der Waals surface area contributed by atoms with E-state index in [9.17, 15) is 0 Å². The Hall–Kier alpha value is -0.620. The highest BCUT2D eigenvalue weighted by Gasteiger charge is 1.87. The highest BCUT2D eigenvalue weighted by atomic mass is 35.5. The van der Waals surface area contributed by atoms with Crippen LogP contribution in [0.15, 0.2) is 29.6 Å². The molecule has 0 nitrogen and oxygen atoms in total. The fourth-order valence-corrected chi connectivity index (χ4v) is 1.02. The van der Waals surface area contributed by atoms with Crippen molar-refractivity contribution in [2.24, 2.45) is 0 Å². The molecule has 0 aliphatic heterocycles. The van der Waals surface area contributed by atoms with Crippen LogP contribution in [0, 0.1) is 0 Å². The fourth-order valence-electron chi connectivity index (χ4n) is 0.892. The third-order valence-corrected chi connectivity index (χ3v) is 1.58. The van der Waals surface area contributed by atoms with E-state index in [1.54, 1.807) is 0 Å². The van der Waals surface area contributed by atoms with Gasteiger partial charge in [-0.15, -0.1) is 5.37 Å². The molecular weight excluding hydrogens is 153 g/mol. The van der Waals surface area contributed by atoms with Gasteiger partial charge in [-0.25, -0.2) is 0 Å². The molecule has 0 atom stereocenters.